The van der Waals surface area contributed by atoms with Gasteiger partial charge >= 0.3 is 11.4 Å². The molecule has 0 aliphatic heterocycles. The number of nitro benzene ring substituents is 2. The Hall–Kier alpha value is -1.73. The Morgan fingerprint density at radius 3 is 2.12 bits per heavy atom. The summed E-state index contributed by atoms with van der Waals surface area (Å²) in [5, 5.41) is 28.0. The van der Waals surface area contributed by atoms with Crippen LogP contribution in [0.4, 0.5) is 11.4 Å². The molecule has 0 aliphatic carbocycles. The lowest BCUT2D eigenvalue weighted by Crippen LogP contribution is -1.96. The van der Waals surface area contributed by atoms with Crippen LogP contribution in [0.2, 0.25) is 5.02 Å². The highest BCUT2D eigenvalue weighted by atomic mass is 35.5. The van der Waals surface area contributed by atoms with Gasteiger partial charge in [-0.05, 0) is 13.0 Å². The number of aliphatic hydroxyl groups excluding tert-OH is 1. The van der Waals surface area contributed by atoms with E-state index in [9.17, 15) is 20.2 Å². The second-order valence-electron chi connectivity index (χ2n) is 2.44. The molecule has 88 valence electrons. The van der Waals surface area contributed by atoms with E-state index in [4.69, 9.17) is 16.7 Å². The molecule has 0 radical (unpaired) electrons. The van der Waals surface area contributed by atoms with Crippen molar-refractivity contribution >= 4 is 23.0 Å². The molecule has 0 fully saturated rings. The number of para-hydroxylation sites is 1. The minimum absolute atomic E-state index is 0.237. The predicted molar refractivity (Wildman–Crippen MR) is 57.5 cm³/mol. The molecule has 0 saturated carbocycles. The summed E-state index contributed by atoms with van der Waals surface area (Å²) in [6, 6.07) is 3.55. The fourth-order valence-electron chi connectivity index (χ4n) is 0.832. The minimum atomic E-state index is -0.875. The Balaban J connectivity index is 0.000000673. The van der Waals surface area contributed by atoms with E-state index in [0.29, 0.717) is 0 Å². The maximum atomic E-state index is 10.4. The lowest BCUT2D eigenvalue weighted by molar-refractivity contribution is -0.422. The number of hydrogen-bond acceptors (Lipinski definition) is 5. The van der Waals surface area contributed by atoms with Gasteiger partial charge in [-0.1, -0.05) is 17.7 Å². The van der Waals surface area contributed by atoms with Gasteiger partial charge in [0.05, 0.1) is 9.85 Å². The molecule has 1 N–H and O–H groups in total. The van der Waals surface area contributed by atoms with Gasteiger partial charge in [0, 0.05) is 12.7 Å². The van der Waals surface area contributed by atoms with Crippen LogP contribution in [0.5, 0.6) is 0 Å². The van der Waals surface area contributed by atoms with E-state index < -0.39 is 21.2 Å². The van der Waals surface area contributed by atoms with Gasteiger partial charge in [-0.25, -0.2) is 0 Å². The Kier molecular flexibility index (Phi) is 5.97. The molecule has 0 bridgehead atoms. The molecule has 8 heteroatoms. The van der Waals surface area contributed by atoms with Crippen molar-refractivity contribution in [2.45, 2.75) is 6.92 Å². The molecule has 1 aromatic carbocycles. The number of aliphatic hydroxyl groups is 1. The van der Waals surface area contributed by atoms with E-state index in [-0.39, 0.29) is 11.6 Å². The molecule has 1 rings (SSSR count). The standard InChI is InChI=1S/C6H3ClN2O4.C2H6O/c7-4-2-1-3-5(8(10)11)6(4)9(12)13;1-2-3/h1-3H;3H,2H2,1H3. The van der Waals surface area contributed by atoms with Gasteiger partial charge in [0.25, 0.3) is 0 Å². The maximum Gasteiger partial charge on any atom is 0.364 e. The van der Waals surface area contributed by atoms with Gasteiger partial charge in [-0.3, -0.25) is 20.2 Å². The Morgan fingerprint density at radius 2 is 1.81 bits per heavy atom. The van der Waals surface area contributed by atoms with Crippen LogP contribution in [0.15, 0.2) is 18.2 Å². The largest absolute Gasteiger partial charge is 0.397 e. The van der Waals surface area contributed by atoms with E-state index >= 15 is 0 Å². The SMILES string of the molecule is CCO.O=[N+]([O-])c1cccc(Cl)c1[N+](=O)[O-]. The molecule has 0 heterocycles. The molecule has 0 spiro atoms. The van der Waals surface area contributed by atoms with Crippen molar-refractivity contribution in [2.24, 2.45) is 0 Å². The molecular weight excluding hydrogens is 240 g/mol. The monoisotopic (exact) mass is 248 g/mol. The Morgan fingerprint density at radius 1 is 1.31 bits per heavy atom. The molecule has 0 unspecified atom stereocenters. The van der Waals surface area contributed by atoms with Crippen molar-refractivity contribution in [1.29, 1.82) is 0 Å². The van der Waals surface area contributed by atoms with Crippen molar-refractivity contribution in [1.82, 2.24) is 0 Å². The van der Waals surface area contributed by atoms with E-state index in [2.05, 4.69) is 0 Å². The van der Waals surface area contributed by atoms with Crippen LogP contribution in [-0.2, 0) is 0 Å². The van der Waals surface area contributed by atoms with Crippen LogP contribution in [0.25, 0.3) is 0 Å². The highest BCUT2D eigenvalue weighted by Crippen LogP contribution is 2.33. The fourth-order valence-corrected chi connectivity index (χ4v) is 1.07. The Labute approximate surface area is 95.6 Å². The van der Waals surface area contributed by atoms with Crippen molar-refractivity contribution in [3.05, 3.63) is 43.5 Å². The van der Waals surface area contributed by atoms with Crippen molar-refractivity contribution in [3.63, 3.8) is 0 Å². The first kappa shape index (κ1) is 14.3. The molecule has 0 amide bonds. The number of nitro groups is 2. The summed E-state index contributed by atoms with van der Waals surface area (Å²) in [6.07, 6.45) is 0. The predicted octanol–water partition coefficient (Wildman–Crippen LogP) is 2.16. The highest BCUT2D eigenvalue weighted by Gasteiger charge is 2.26. The smallest absolute Gasteiger partial charge is 0.364 e. The molecule has 0 saturated heterocycles. The van der Waals surface area contributed by atoms with Crippen LogP contribution < -0.4 is 0 Å². The number of hydrogen-bond donors (Lipinski definition) is 1. The summed E-state index contributed by atoms with van der Waals surface area (Å²) in [6.45, 7) is 1.93. The third kappa shape index (κ3) is 3.79. The van der Waals surface area contributed by atoms with Crippen LogP contribution >= 0.6 is 11.6 Å². The maximum absolute atomic E-state index is 10.4. The topological polar surface area (TPSA) is 107 Å². The van der Waals surface area contributed by atoms with Crippen LogP contribution in [0, 0.1) is 20.2 Å². The van der Waals surface area contributed by atoms with Gasteiger partial charge in [-0.15, -0.1) is 0 Å². The van der Waals surface area contributed by atoms with Crippen LogP contribution in [0.1, 0.15) is 6.92 Å². The molecule has 7 nitrogen and oxygen atoms in total. The average Bonchev–Trinajstić information content (AvgIpc) is 2.17. The first-order valence-electron chi connectivity index (χ1n) is 4.13. The first-order valence-corrected chi connectivity index (χ1v) is 4.51. The second-order valence-corrected chi connectivity index (χ2v) is 2.85. The average molecular weight is 249 g/mol. The van der Waals surface area contributed by atoms with Gasteiger partial charge in [-0.2, -0.15) is 0 Å². The van der Waals surface area contributed by atoms with Crippen LogP contribution in [-0.4, -0.2) is 21.6 Å². The number of rotatable bonds is 2. The second kappa shape index (κ2) is 6.70. The summed E-state index contributed by atoms with van der Waals surface area (Å²) >= 11 is 5.42. The lowest BCUT2D eigenvalue weighted by atomic mass is 10.3. The van der Waals surface area contributed by atoms with E-state index in [1.807, 2.05) is 0 Å². The van der Waals surface area contributed by atoms with Crippen LogP contribution in [0.3, 0.4) is 0 Å². The summed E-state index contributed by atoms with van der Waals surface area (Å²) in [5.74, 6) is 0. The molecule has 1 aromatic rings. The summed E-state index contributed by atoms with van der Waals surface area (Å²) < 4.78 is 0. The summed E-state index contributed by atoms with van der Waals surface area (Å²) in [4.78, 5) is 19.0. The zero-order valence-electron chi connectivity index (χ0n) is 8.29. The van der Waals surface area contributed by atoms with E-state index in [1.165, 1.54) is 12.1 Å². The zero-order chi connectivity index (χ0) is 12.7. The molecule has 16 heavy (non-hydrogen) atoms. The summed E-state index contributed by atoms with van der Waals surface area (Å²) in [7, 11) is 0. The normalized spacial score (nSPS) is 8.94. The Bertz CT molecular complexity index is 396. The van der Waals surface area contributed by atoms with Crippen molar-refractivity contribution < 1.29 is 15.0 Å². The van der Waals surface area contributed by atoms with E-state index in [0.717, 1.165) is 6.07 Å². The molecule has 0 atom stereocenters. The highest BCUT2D eigenvalue weighted by molar-refractivity contribution is 6.33. The first-order chi connectivity index (χ1) is 7.45. The van der Waals surface area contributed by atoms with Crippen molar-refractivity contribution in [2.75, 3.05) is 6.61 Å². The number of halogens is 1. The van der Waals surface area contributed by atoms with Gasteiger partial charge in [0.1, 0.15) is 5.02 Å². The van der Waals surface area contributed by atoms with Gasteiger partial charge in [0.2, 0.25) is 0 Å². The minimum Gasteiger partial charge on any atom is -0.397 e. The number of benzene rings is 1. The molecule has 0 aliphatic rings. The molecular formula is C8H9ClN2O5. The fraction of sp³-hybridized carbons (Fsp3) is 0.250. The lowest BCUT2D eigenvalue weighted by Gasteiger charge is -1.95. The van der Waals surface area contributed by atoms with Gasteiger partial charge < -0.3 is 5.11 Å². The summed E-state index contributed by atoms with van der Waals surface area (Å²) in [5.41, 5.74) is -1.27. The van der Waals surface area contributed by atoms with Crippen molar-refractivity contribution in [3.8, 4) is 0 Å². The van der Waals surface area contributed by atoms with E-state index in [1.54, 1.807) is 6.92 Å². The van der Waals surface area contributed by atoms with Gasteiger partial charge in [0.15, 0.2) is 0 Å². The third-order valence-corrected chi connectivity index (χ3v) is 1.65. The number of nitrogens with zero attached hydrogens (tertiary/aromatic N) is 2. The third-order valence-electron chi connectivity index (χ3n) is 1.34. The quantitative estimate of drug-likeness (QED) is 0.637. The molecule has 0 aromatic heterocycles. The zero-order valence-corrected chi connectivity index (χ0v) is 9.05.